The van der Waals surface area contributed by atoms with Crippen LogP contribution in [0.15, 0.2) is 60.7 Å². The van der Waals surface area contributed by atoms with Crippen molar-refractivity contribution in [3.8, 4) is 17.0 Å². The minimum atomic E-state index is -1.11. The van der Waals surface area contributed by atoms with Crippen LogP contribution in [0.5, 0.6) is 5.88 Å². The highest BCUT2D eigenvalue weighted by molar-refractivity contribution is 5.83. The van der Waals surface area contributed by atoms with E-state index in [0.29, 0.717) is 23.7 Å². The lowest BCUT2D eigenvalue weighted by Crippen LogP contribution is -2.16. The van der Waals surface area contributed by atoms with Gasteiger partial charge in [0.1, 0.15) is 0 Å². The van der Waals surface area contributed by atoms with Crippen molar-refractivity contribution in [3.63, 3.8) is 0 Å². The van der Waals surface area contributed by atoms with E-state index in [1.807, 2.05) is 36.4 Å². The third-order valence-electron chi connectivity index (χ3n) is 4.10. The van der Waals surface area contributed by atoms with E-state index in [9.17, 15) is 4.79 Å². The van der Waals surface area contributed by atoms with Gasteiger partial charge in [0.15, 0.2) is 0 Å². The summed E-state index contributed by atoms with van der Waals surface area (Å²) in [5, 5.41) is 19.4. The van der Waals surface area contributed by atoms with Crippen molar-refractivity contribution >= 4 is 11.8 Å². The number of nitrogens with one attached hydrogen (secondary N) is 1. The van der Waals surface area contributed by atoms with E-state index in [-0.39, 0.29) is 6.04 Å². The summed E-state index contributed by atoms with van der Waals surface area (Å²) in [5.74, 6) is 0.379. The molecule has 0 saturated carbocycles. The molecular weight excluding hydrogens is 344 g/mol. The van der Waals surface area contributed by atoms with Crippen LogP contribution < -0.4 is 15.8 Å². The van der Waals surface area contributed by atoms with Crippen LogP contribution in [0.2, 0.25) is 0 Å². The molecule has 0 spiro atoms. The second kappa shape index (κ2) is 8.29. The van der Waals surface area contributed by atoms with Gasteiger partial charge in [0.05, 0.1) is 18.8 Å². The Kier molecular flexibility index (Phi) is 5.63. The molecule has 0 radical (unpaired) electrons. The van der Waals surface area contributed by atoms with Crippen LogP contribution in [-0.2, 0) is 6.42 Å². The maximum absolute atomic E-state index is 10.7. The first-order chi connectivity index (χ1) is 13.1. The summed E-state index contributed by atoms with van der Waals surface area (Å²) in [5.41, 5.74) is 10.1. The minimum Gasteiger partial charge on any atom is -0.479 e. The first-order valence-electron chi connectivity index (χ1n) is 8.38. The van der Waals surface area contributed by atoms with Gasteiger partial charge in [-0.25, -0.2) is 4.79 Å². The number of benzene rings is 2. The van der Waals surface area contributed by atoms with E-state index in [4.69, 9.17) is 15.6 Å². The number of amides is 1. The van der Waals surface area contributed by atoms with Crippen molar-refractivity contribution < 1.29 is 14.6 Å². The lowest BCUT2D eigenvalue weighted by Gasteiger charge is -2.14. The second-order valence-electron chi connectivity index (χ2n) is 6.00. The van der Waals surface area contributed by atoms with Crippen LogP contribution >= 0.6 is 0 Å². The van der Waals surface area contributed by atoms with Crippen LogP contribution in [0.1, 0.15) is 17.3 Å². The molecule has 0 unspecified atom stereocenters. The summed E-state index contributed by atoms with van der Waals surface area (Å²) < 4.78 is 5.32. The van der Waals surface area contributed by atoms with Gasteiger partial charge in [0.2, 0.25) is 5.88 Å². The molecule has 0 aliphatic carbocycles. The molecule has 0 bridgehead atoms. The standard InChI is InChI=1S/C20H20N4O3/c1-27-19-16(14-7-9-15(10-8-14)22-20(25)26)12-18(23-24-19)17(21)11-13-5-3-2-4-6-13/h2-10,12,17,22H,11,21H2,1H3,(H,25,26)/t17-/m0/s1. The highest BCUT2D eigenvalue weighted by Crippen LogP contribution is 2.30. The first kappa shape index (κ1) is 18.3. The molecule has 1 amide bonds. The molecule has 3 aromatic rings. The third-order valence-corrected chi connectivity index (χ3v) is 4.10. The van der Waals surface area contributed by atoms with Crippen LogP contribution in [-0.4, -0.2) is 28.5 Å². The van der Waals surface area contributed by atoms with E-state index in [0.717, 1.165) is 16.7 Å². The Labute approximate surface area is 156 Å². The molecule has 7 heteroatoms. The van der Waals surface area contributed by atoms with Crippen LogP contribution in [0.25, 0.3) is 11.1 Å². The average Bonchev–Trinajstić information content (AvgIpc) is 2.68. The molecular formula is C20H20N4O3. The lowest BCUT2D eigenvalue weighted by atomic mass is 10.0. The molecule has 0 aliphatic rings. The molecule has 0 saturated heterocycles. The topological polar surface area (TPSA) is 110 Å². The zero-order valence-electron chi connectivity index (χ0n) is 14.8. The highest BCUT2D eigenvalue weighted by atomic mass is 16.5. The fourth-order valence-corrected chi connectivity index (χ4v) is 2.76. The Morgan fingerprint density at radius 1 is 1.15 bits per heavy atom. The minimum absolute atomic E-state index is 0.308. The Hall–Kier alpha value is -3.45. The zero-order chi connectivity index (χ0) is 19.2. The molecule has 0 aliphatic heterocycles. The van der Waals surface area contributed by atoms with E-state index >= 15 is 0 Å². The van der Waals surface area contributed by atoms with Gasteiger partial charge < -0.3 is 15.6 Å². The van der Waals surface area contributed by atoms with Crippen molar-refractivity contribution in [2.24, 2.45) is 5.73 Å². The molecule has 138 valence electrons. The number of hydrogen-bond donors (Lipinski definition) is 3. The first-order valence-corrected chi connectivity index (χ1v) is 8.38. The van der Waals surface area contributed by atoms with Crippen LogP contribution in [0.3, 0.4) is 0 Å². The molecule has 7 nitrogen and oxygen atoms in total. The van der Waals surface area contributed by atoms with Gasteiger partial charge in [0, 0.05) is 11.3 Å². The van der Waals surface area contributed by atoms with Gasteiger partial charge in [-0.1, -0.05) is 42.5 Å². The summed E-state index contributed by atoms with van der Waals surface area (Å²) in [7, 11) is 1.53. The molecule has 2 aromatic carbocycles. The van der Waals surface area contributed by atoms with Gasteiger partial charge in [-0.15, -0.1) is 5.10 Å². The Morgan fingerprint density at radius 2 is 1.85 bits per heavy atom. The van der Waals surface area contributed by atoms with Gasteiger partial charge in [0.25, 0.3) is 0 Å². The van der Waals surface area contributed by atoms with Crippen molar-refractivity contribution in [1.82, 2.24) is 10.2 Å². The average molecular weight is 364 g/mol. The number of carbonyl (C=O) groups is 1. The molecule has 3 rings (SSSR count). The monoisotopic (exact) mass is 364 g/mol. The van der Waals surface area contributed by atoms with Gasteiger partial charge >= 0.3 is 6.09 Å². The molecule has 1 atom stereocenters. The van der Waals surface area contributed by atoms with Crippen molar-refractivity contribution in [2.45, 2.75) is 12.5 Å². The number of ether oxygens (including phenoxy) is 1. The van der Waals surface area contributed by atoms with Gasteiger partial charge in [-0.2, -0.15) is 5.10 Å². The van der Waals surface area contributed by atoms with E-state index in [1.54, 1.807) is 24.3 Å². The number of aromatic nitrogens is 2. The summed E-state index contributed by atoms with van der Waals surface area (Å²) in [4.78, 5) is 10.7. The predicted molar refractivity (Wildman–Crippen MR) is 103 cm³/mol. The predicted octanol–water partition coefficient (Wildman–Crippen LogP) is 3.48. The van der Waals surface area contributed by atoms with Crippen molar-refractivity contribution in [3.05, 3.63) is 71.9 Å². The van der Waals surface area contributed by atoms with E-state index in [1.165, 1.54) is 7.11 Å². The van der Waals surface area contributed by atoms with Crippen molar-refractivity contribution in [2.75, 3.05) is 12.4 Å². The quantitative estimate of drug-likeness (QED) is 0.617. The number of nitrogens with two attached hydrogens (primary N) is 1. The third kappa shape index (κ3) is 4.59. The SMILES string of the molecule is COc1nnc([C@@H](N)Cc2ccccc2)cc1-c1ccc(NC(=O)O)cc1. The number of rotatable bonds is 6. The summed E-state index contributed by atoms with van der Waals surface area (Å²) >= 11 is 0. The van der Waals surface area contributed by atoms with Crippen molar-refractivity contribution in [1.29, 1.82) is 0 Å². The number of nitrogens with zero attached hydrogens (tertiary/aromatic N) is 2. The maximum Gasteiger partial charge on any atom is 0.409 e. The number of carboxylic acid groups (broad SMARTS) is 1. The molecule has 0 fully saturated rings. The van der Waals surface area contributed by atoms with E-state index in [2.05, 4.69) is 15.5 Å². The summed E-state index contributed by atoms with van der Waals surface area (Å²) in [6.45, 7) is 0. The zero-order valence-corrected chi connectivity index (χ0v) is 14.8. The number of hydrogen-bond acceptors (Lipinski definition) is 5. The Bertz CT molecular complexity index is 914. The van der Waals surface area contributed by atoms with Gasteiger partial charge in [-0.3, -0.25) is 5.32 Å². The number of methoxy groups -OCH3 is 1. The largest absolute Gasteiger partial charge is 0.479 e. The Morgan fingerprint density at radius 3 is 2.48 bits per heavy atom. The fourth-order valence-electron chi connectivity index (χ4n) is 2.76. The maximum atomic E-state index is 10.7. The highest BCUT2D eigenvalue weighted by Gasteiger charge is 2.15. The van der Waals surface area contributed by atoms with Crippen LogP contribution in [0.4, 0.5) is 10.5 Å². The normalized spacial score (nSPS) is 11.6. The molecule has 1 aromatic heterocycles. The molecule has 1 heterocycles. The summed E-state index contributed by atoms with van der Waals surface area (Å²) in [6, 6.07) is 18.4. The number of anilines is 1. The lowest BCUT2D eigenvalue weighted by molar-refractivity contribution is 0.210. The van der Waals surface area contributed by atoms with E-state index < -0.39 is 6.09 Å². The summed E-state index contributed by atoms with van der Waals surface area (Å²) in [6.07, 6.45) is -0.469. The molecule has 27 heavy (non-hydrogen) atoms. The smallest absolute Gasteiger partial charge is 0.409 e. The second-order valence-corrected chi connectivity index (χ2v) is 6.00. The Balaban J connectivity index is 1.88. The molecule has 4 N–H and O–H groups in total. The van der Waals surface area contributed by atoms with Gasteiger partial charge in [-0.05, 0) is 35.7 Å². The van der Waals surface area contributed by atoms with Crippen LogP contribution in [0, 0.1) is 0 Å². The fraction of sp³-hybridized carbons (Fsp3) is 0.150.